The quantitative estimate of drug-likeness (QED) is 0.738. The fraction of sp³-hybridized carbons (Fsp3) is 0.611. The summed E-state index contributed by atoms with van der Waals surface area (Å²) in [4.78, 5) is 14.7. The molecule has 2 unspecified atom stereocenters. The molecular weight excluding hydrogens is 265 g/mol. The van der Waals surface area contributed by atoms with Crippen molar-refractivity contribution in [3.8, 4) is 0 Å². The van der Waals surface area contributed by atoms with E-state index in [2.05, 4.69) is 25.7 Å². The average molecular weight is 291 g/mol. The molecule has 0 aromatic heterocycles. The molecule has 0 saturated heterocycles. The zero-order valence-electron chi connectivity index (χ0n) is 13.3. The van der Waals surface area contributed by atoms with Gasteiger partial charge in [0.05, 0.1) is 0 Å². The summed E-state index contributed by atoms with van der Waals surface area (Å²) in [6, 6.07) is 7.28. The van der Waals surface area contributed by atoms with Gasteiger partial charge in [-0.1, -0.05) is 32.4 Å². The van der Waals surface area contributed by atoms with Gasteiger partial charge in [0.15, 0.2) is 0 Å². The van der Waals surface area contributed by atoms with Crippen LogP contribution < -0.4 is 0 Å². The Kier molecular flexibility index (Phi) is 5.38. The maximum atomic E-state index is 13.2. The molecule has 2 atom stereocenters. The molecule has 0 N–H and O–H groups in total. The van der Waals surface area contributed by atoms with Gasteiger partial charge in [-0.3, -0.25) is 4.79 Å². The number of halogens is 1. The molecule has 0 heterocycles. The number of nitrogens with zero attached hydrogens (tertiary/aromatic N) is 1. The minimum Gasteiger partial charge on any atom is -0.337 e. The van der Waals surface area contributed by atoms with Crippen LogP contribution in [-0.2, 0) is 11.2 Å². The highest BCUT2D eigenvalue weighted by atomic mass is 19.1. The summed E-state index contributed by atoms with van der Waals surface area (Å²) in [6.07, 6.45) is 4.44. The number of amides is 1. The van der Waals surface area contributed by atoms with E-state index in [-0.39, 0.29) is 11.7 Å². The first kappa shape index (κ1) is 16.0. The van der Waals surface area contributed by atoms with Crippen molar-refractivity contribution >= 4 is 5.91 Å². The van der Waals surface area contributed by atoms with Gasteiger partial charge in [-0.15, -0.1) is 0 Å². The fourth-order valence-corrected chi connectivity index (χ4v) is 2.80. The molecule has 1 amide bonds. The van der Waals surface area contributed by atoms with Crippen molar-refractivity contribution in [2.45, 2.75) is 65.0 Å². The molecule has 0 radical (unpaired) electrons. The fourth-order valence-electron chi connectivity index (χ4n) is 2.80. The van der Waals surface area contributed by atoms with Crippen molar-refractivity contribution in [3.05, 3.63) is 35.6 Å². The van der Waals surface area contributed by atoms with E-state index in [9.17, 15) is 9.18 Å². The van der Waals surface area contributed by atoms with Gasteiger partial charge in [-0.2, -0.15) is 0 Å². The smallest absolute Gasteiger partial charge is 0.223 e. The summed E-state index contributed by atoms with van der Waals surface area (Å²) < 4.78 is 13.2. The van der Waals surface area contributed by atoms with E-state index in [0.29, 0.717) is 30.8 Å². The number of carbonyl (C=O) groups excluding carboxylic acids is 1. The van der Waals surface area contributed by atoms with Crippen molar-refractivity contribution in [2.24, 2.45) is 5.92 Å². The molecular formula is C18H26FNO. The van der Waals surface area contributed by atoms with Gasteiger partial charge in [0, 0.05) is 18.5 Å². The Labute approximate surface area is 127 Å². The number of carbonyl (C=O) groups is 1. The van der Waals surface area contributed by atoms with Crippen LogP contribution in [0.3, 0.4) is 0 Å². The van der Waals surface area contributed by atoms with Gasteiger partial charge in [0.2, 0.25) is 5.91 Å². The first-order valence-corrected chi connectivity index (χ1v) is 8.08. The van der Waals surface area contributed by atoms with Crippen LogP contribution >= 0.6 is 0 Å². The van der Waals surface area contributed by atoms with E-state index in [1.807, 2.05) is 6.07 Å². The molecule has 3 heteroatoms. The molecule has 2 rings (SSSR count). The molecule has 0 aliphatic heterocycles. The maximum Gasteiger partial charge on any atom is 0.223 e. The highest BCUT2D eigenvalue weighted by molar-refractivity contribution is 5.77. The van der Waals surface area contributed by atoms with Crippen molar-refractivity contribution < 1.29 is 9.18 Å². The summed E-state index contributed by atoms with van der Waals surface area (Å²) >= 11 is 0. The number of benzene rings is 1. The minimum atomic E-state index is -0.230. The van der Waals surface area contributed by atoms with Gasteiger partial charge in [0.25, 0.3) is 0 Å². The molecule has 2 nitrogen and oxygen atoms in total. The van der Waals surface area contributed by atoms with Crippen molar-refractivity contribution in [1.82, 2.24) is 4.90 Å². The number of aryl methyl sites for hydroxylation is 1. The maximum absolute atomic E-state index is 13.2. The standard InChI is InChI=1S/C18H26FNO/c1-4-13(2)14(3)20(17-9-10-17)18(21)11-8-15-6-5-7-16(19)12-15/h5-7,12-14,17H,4,8-11H2,1-3H3. The molecule has 1 fully saturated rings. The Morgan fingerprint density at radius 3 is 2.67 bits per heavy atom. The van der Waals surface area contributed by atoms with E-state index in [1.54, 1.807) is 6.07 Å². The molecule has 1 aliphatic rings. The topological polar surface area (TPSA) is 20.3 Å². The van der Waals surface area contributed by atoms with Crippen LogP contribution in [-0.4, -0.2) is 22.9 Å². The van der Waals surface area contributed by atoms with E-state index >= 15 is 0 Å². The Hall–Kier alpha value is -1.38. The Balaban J connectivity index is 1.96. The molecule has 0 bridgehead atoms. The monoisotopic (exact) mass is 291 g/mol. The van der Waals surface area contributed by atoms with Gasteiger partial charge >= 0.3 is 0 Å². The predicted molar refractivity (Wildman–Crippen MR) is 83.5 cm³/mol. The van der Waals surface area contributed by atoms with Gasteiger partial charge < -0.3 is 4.90 Å². The predicted octanol–water partition coefficient (Wildman–Crippen LogP) is 4.18. The second-order valence-corrected chi connectivity index (χ2v) is 6.29. The number of hydrogen-bond acceptors (Lipinski definition) is 1. The molecule has 1 aliphatic carbocycles. The Bertz CT molecular complexity index is 484. The second-order valence-electron chi connectivity index (χ2n) is 6.29. The van der Waals surface area contributed by atoms with Crippen molar-refractivity contribution in [1.29, 1.82) is 0 Å². The number of hydrogen-bond donors (Lipinski definition) is 0. The molecule has 0 spiro atoms. The average Bonchev–Trinajstić information content (AvgIpc) is 3.29. The molecule has 1 aromatic rings. The molecule has 21 heavy (non-hydrogen) atoms. The third kappa shape index (κ3) is 4.29. The number of rotatable bonds is 7. The minimum absolute atomic E-state index is 0.217. The Morgan fingerprint density at radius 2 is 2.10 bits per heavy atom. The lowest BCUT2D eigenvalue weighted by Crippen LogP contribution is -2.43. The van der Waals surface area contributed by atoms with Crippen LogP contribution in [0.15, 0.2) is 24.3 Å². The molecule has 116 valence electrons. The second kappa shape index (κ2) is 7.06. The summed E-state index contributed by atoms with van der Waals surface area (Å²) in [5.74, 6) is 0.505. The highest BCUT2D eigenvalue weighted by Crippen LogP contribution is 2.32. The first-order chi connectivity index (χ1) is 10.0. The summed E-state index contributed by atoms with van der Waals surface area (Å²) in [5, 5.41) is 0. The van der Waals surface area contributed by atoms with E-state index in [4.69, 9.17) is 0 Å². The lowest BCUT2D eigenvalue weighted by molar-refractivity contribution is -0.134. The van der Waals surface area contributed by atoms with Gasteiger partial charge in [-0.05, 0) is 49.8 Å². The summed E-state index contributed by atoms with van der Waals surface area (Å²) in [7, 11) is 0. The third-order valence-corrected chi connectivity index (χ3v) is 4.65. The highest BCUT2D eigenvalue weighted by Gasteiger charge is 2.36. The largest absolute Gasteiger partial charge is 0.337 e. The van der Waals surface area contributed by atoms with Crippen LogP contribution in [0.25, 0.3) is 0 Å². The molecule has 1 aromatic carbocycles. The van der Waals surface area contributed by atoms with Crippen molar-refractivity contribution in [2.75, 3.05) is 0 Å². The zero-order valence-corrected chi connectivity index (χ0v) is 13.3. The van der Waals surface area contributed by atoms with E-state index in [0.717, 1.165) is 24.8 Å². The van der Waals surface area contributed by atoms with Crippen LogP contribution in [0.1, 0.15) is 52.0 Å². The SMILES string of the molecule is CCC(C)C(C)N(C(=O)CCc1cccc(F)c1)C1CC1. The normalized spacial score (nSPS) is 17.3. The summed E-state index contributed by atoms with van der Waals surface area (Å²) in [5.41, 5.74) is 0.898. The zero-order chi connectivity index (χ0) is 15.4. The lowest BCUT2D eigenvalue weighted by Gasteiger charge is -2.33. The summed E-state index contributed by atoms with van der Waals surface area (Å²) in [6.45, 7) is 6.54. The van der Waals surface area contributed by atoms with Crippen LogP contribution in [0, 0.1) is 11.7 Å². The first-order valence-electron chi connectivity index (χ1n) is 8.08. The van der Waals surface area contributed by atoms with Crippen LogP contribution in [0.5, 0.6) is 0 Å². The Morgan fingerprint density at radius 1 is 1.38 bits per heavy atom. The van der Waals surface area contributed by atoms with Gasteiger partial charge in [0.1, 0.15) is 5.82 Å². The van der Waals surface area contributed by atoms with Crippen LogP contribution in [0.2, 0.25) is 0 Å². The lowest BCUT2D eigenvalue weighted by atomic mass is 9.98. The van der Waals surface area contributed by atoms with Crippen LogP contribution in [0.4, 0.5) is 4.39 Å². The molecule has 1 saturated carbocycles. The van der Waals surface area contributed by atoms with Gasteiger partial charge in [-0.25, -0.2) is 4.39 Å². The van der Waals surface area contributed by atoms with E-state index in [1.165, 1.54) is 12.1 Å². The third-order valence-electron chi connectivity index (χ3n) is 4.65. The van der Waals surface area contributed by atoms with E-state index < -0.39 is 0 Å². The van der Waals surface area contributed by atoms with Crippen molar-refractivity contribution in [3.63, 3.8) is 0 Å².